The van der Waals surface area contributed by atoms with Gasteiger partial charge in [0.05, 0.1) is 0 Å². The zero-order valence-corrected chi connectivity index (χ0v) is 12.2. The first-order chi connectivity index (χ1) is 9.79. The van der Waals surface area contributed by atoms with Gasteiger partial charge in [0.25, 0.3) is 5.91 Å². The van der Waals surface area contributed by atoms with Crippen molar-refractivity contribution in [2.75, 3.05) is 38.0 Å². The number of nitrogens with zero attached hydrogens (tertiary/aromatic N) is 2. The van der Waals surface area contributed by atoms with Crippen LogP contribution in [-0.2, 0) is 0 Å². The highest BCUT2D eigenvalue weighted by atomic mass is 16.1. The minimum absolute atomic E-state index is 0.0915. The Bertz CT molecular complexity index is 430. The third kappa shape index (κ3) is 4.49. The molecule has 110 valence electrons. The summed E-state index contributed by atoms with van der Waals surface area (Å²) < 4.78 is 0. The van der Waals surface area contributed by atoms with Crippen LogP contribution in [0.3, 0.4) is 0 Å². The van der Waals surface area contributed by atoms with Gasteiger partial charge < -0.3 is 15.5 Å². The van der Waals surface area contributed by atoms with Crippen molar-refractivity contribution in [3.63, 3.8) is 0 Å². The molecule has 1 fully saturated rings. The van der Waals surface area contributed by atoms with E-state index in [4.69, 9.17) is 0 Å². The van der Waals surface area contributed by atoms with E-state index in [0.717, 1.165) is 25.3 Å². The Morgan fingerprint density at radius 2 is 2.15 bits per heavy atom. The summed E-state index contributed by atoms with van der Waals surface area (Å²) in [5.41, 5.74) is 0.477. The molecule has 2 heterocycles. The van der Waals surface area contributed by atoms with E-state index >= 15 is 0 Å². The van der Waals surface area contributed by atoms with E-state index < -0.39 is 0 Å². The van der Waals surface area contributed by atoms with Crippen LogP contribution in [0.5, 0.6) is 0 Å². The summed E-state index contributed by atoms with van der Waals surface area (Å²) in [5, 5.41) is 6.05. The molecule has 0 unspecified atom stereocenters. The number of aromatic nitrogens is 1. The van der Waals surface area contributed by atoms with Crippen LogP contribution >= 0.6 is 0 Å². The van der Waals surface area contributed by atoms with E-state index in [9.17, 15) is 4.79 Å². The number of amides is 1. The van der Waals surface area contributed by atoms with Crippen LogP contribution in [0, 0.1) is 0 Å². The van der Waals surface area contributed by atoms with E-state index in [2.05, 4.69) is 20.5 Å². The first kappa shape index (κ1) is 14.8. The Morgan fingerprint density at radius 3 is 2.90 bits per heavy atom. The predicted molar refractivity (Wildman–Crippen MR) is 81.0 cm³/mol. The van der Waals surface area contributed by atoms with Gasteiger partial charge in [-0.3, -0.25) is 4.79 Å². The molecule has 1 aromatic rings. The highest BCUT2D eigenvalue weighted by Crippen LogP contribution is 2.07. The smallest absolute Gasteiger partial charge is 0.269 e. The van der Waals surface area contributed by atoms with Crippen LogP contribution < -0.4 is 10.6 Å². The highest BCUT2D eigenvalue weighted by Gasteiger charge is 2.11. The number of pyridine rings is 1. The Balaban J connectivity index is 1.72. The molecule has 1 amide bonds. The molecule has 1 aliphatic rings. The van der Waals surface area contributed by atoms with Crippen molar-refractivity contribution < 1.29 is 4.79 Å². The summed E-state index contributed by atoms with van der Waals surface area (Å²) in [4.78, 5) is 18.7. The Labute approximate surface area is 120 Å². The molecule has 2 N–H and O–H groups in total. The summed E-state index contributed by atoms with van der Waals surface area (Å²) >= 11 is 0. The van der Waals surface area contributed by atoms with Gasteiger partial charge in [-0.05, 0) is 58.0 Å². The molecule has 0 aliphatic carbocycles. The molecule has 0 atom stereocenters. The number of carbonyl (C=O) groups excluding carboxylic acids is 1. The number of likely N-dealkylation sites (tertiary alicyclic amines) is 1. The number of hydrogen-bond donors (Lipinski definition) is 2. The summed E-state index contributed by atoms with van der Waals surface area (Å²) in [7, 11) is 0. The van der Waals surface area contributed by atoms with Gasteiger partial charge in [0, 0.05) is 13.1 Å². The second-order valence-corrected chi connectivity index (χ2v) is 5.10. The topological polar surface area (TPSA) is 57.3 Å². The highest BCUT2D eigenvalue weighted by molar-refractivity contribution is 5.92. The third-order valence-electron chi connectivity index (χ3n) is 3.47. The zero-order valence-electron chi connectivity index (χ0n) is 12.2. The van der Waals surface area contributed by atoms with Gasteiger partial charge >= 0.3 is 0 Å². The van der Waals surface area contributed by atoms with Crippen molar-refractivity contribution in [1.29, 1.82) is 0 Å². The normalized spacial score (nSPS) is 15.2. The number of anilines is 1. The monoisotopic (exact) mass is 276 g/mol. The molecule has 5 nitrogen and oxygen atoms in total. The quantitative estimate of drug-likeness (QED) is 0.745. The van der Waals surface area contributed by atoms with Crippen LogP contribution in [0.15, 0.2) is 18.2 Å². The van der Waals surface area contributed by atoms with E-state index in [-0.39, 0.29) is 5.91 Å². The summed E-state index contributed by atoms with van der Waals surface area (Å²) in [5.74, 6) is 0.656. The molecule has 1 aromatic heterocycles. The molecule has 0 saturated carbocycles. The fraction of sp³-hybridized carbons (Fsp3) is 0.600. The minimum Gasteiger partial charge on any atom is -0.370 e. The van der Waals surface area contributed by atoms with E-state index in [1.54, 1.807) is 6.07 Å². The number of hydrogen-bond acceptors (Lipinski definition) is 4. The van der Waals surface area contributed by atoms with Crippen molar-refractivity contribution >= 4 is 11.7 Å². The van der Waals surface area contributed by atoms with Crippen molar-refractivity contribution in [1.82, 2.24) is 15.2 Å². The van der Waals surface area contributed by atoms with Gasteiger partial charge in [-0.15, -0.1) is 0 Å². The van der Waals surface area contributed by atoms with Gasteiger partial charge in [-0.1, -0.05) is 6.07 Å². The Kier molecular flexibility index (Phi) is 5.80. The molecule has 20 heavy (non-hydrogen) atoms. The molecule has 1 aliphatic heterocycles. The second-order valence-electron chi connectivity index (χ2n) is 5.10. The molecule has 0 bridgehead atoms. The van der Waals surface area contributed by atoms with E-state index in [0.29, 0.717) is 12.2 Å². The maximum atomic E-state index is 12.0. The lowest BCUT2D eigenvalue weighted by atomic mass is 10.3. The molecule has 0 spiro atoms. The average molecular weight is 276 g/mol. The van der Waals surface area contributed by atoms with Crippen LogP contribution in [0.2, 0.25) is 0 Å². The van der Waals surface area contributed by atoms with Gasteiger partial charge in [0.15, 0.2) is 0 Å². The Hall–Kier alpha value is -1.62. The van der Waals surface area contributed by atoms with E-state index in [1.807, 2.05) is 19.1 Å². The van der Waals surface area contributed by atoms with Gasteiger partial charge in [0.2, 0.25) is 0 Å². The summed E-state index contributed by atoms with van der Waals surface area (Å²) in [6, 6.07) is 5.47. The standard InChI is InChI=1S/C15H24N4O/c1-2-16-14-8-5-7-13(18-14)15(20)17-9-6-12-19-10-3-4-11-19/h5,7-8H,2-4,6,9-12H2,1H3,(H,16,18)(H,17,20). The van der Waals surface area contributed by atoms with Crippen LogP contribution in [0.1, 0.15) is 36.7 Å². The van der Waals surface area contributed by atoms with Crippen LogP contribution in [0.25, 0.3) is 0 Å². The first-order valence-corrected chi connectivity index (χ1v) is 7.51. The van der Waals surface area contributed by atoms with Gasteiger partial charge in [-0.2, -0.15) is 0 Å². The van der Waals surface area contributed by atoms with Crippen LogP contribution in [-0.4, -0.2) is 48.5 Å². The third-order valence-corrected chi connectivity index (χ3v) is 3.47. The fourth-order valence-electron chi connectivity index (χ4n) is 2.44. The molecular weight excluding hydrogens is 252 g/mol. The number of rotatable bonds is 7. The first-order valence-electron chi connectivity index (χ1n) is 7.51. The predicted octanol–water partition coefficient (Wildman–Crippen LogP) is 1.73. The van der Waals surface area contributed by atoms with Crippen molar-refractivity contribution in [2.24, 2.45) is 0 Å². The SMILES string of the molecule is CCNc1cccc(C(=O)NCCCN2CCCC2)n1. The lowest BCUT2D eigenvalue weighted by Gasteiger charge is -2.14. The van der Waals surface area contributed by atoms with Crippen LogP contribution in [0.4, 0.5) is 5.82 Å². The maximum Gasteiger partial charge on any atom is 0.269 e. The van der Waals surface area contributed by atoms with Crippen molar-refractivity contribution in [3.05, 3.63) is 23.9 Å². The molecule has 0 aromatic carbocycles. The lowest BCUT2D eigenvalue weighted by molar-refractivity contribution is 0.0947. The maximum absolute atomic E-state index is 12.0. The molecule has 2 rings (SSSR count). The largest absolute Gasteiger partial charge is 0.370 e. The molecule has 5 heteroatoms. The molecular formula is C15H24N4O. The number of nitrogens with one attached hydrogen (secondary N) is 2. The average Bonchev–Trinajstić information content (AvgIpc) is 2.97. The fourth-order valence-corrected chi connectivity index (χ4v) is 2.44. The van der Waals surface area contributed by atoms with Gasteiger partial charge in [-0.25, -0.2) is 4.98 Å². The Morgan fingerprint density at radius 1 is 1.35 bits per heavy atom. The van der Waals surface area contributed by atoms with Crippen molar-refractivity contribution in [3.8, 4) is 0 Å². The summed E-state index contributed by atoms with van der Waals surface area (Å²) in [6.45, 7) is 7.01. The minimum atomic E-state index is -0.0915. The van der Waals surface area contributed by atoms with E-state index in [1.165, 1.54) is 25.9 Å². The lowest BCUT2D eigenvalue weighted by Crippen LogP contribution is -2.29. The zero-order chi connectivity index (χ0) is 14.2. The van der Waals surface area contributed by atoms with Gasteiger partial charge in [0.1, 0.15) is 11.5 Å². The molecule has 0 radical (unpaired) electrons. The number of carbonyl (C=O) groups is 1. The second kappa shape index (κ2) is 7.85. The summed E-state index contributed by atoms with van der Waals surface area (Å²) in [6.07, 6.45) is 3.62. The molecule has 1 saturated heterocycles. The van der Waals surface area contributed by atoms with Crippen molar-refractivity contribution in [2.45, 2.75) is 26.2 Å².